The minimum Gasteiger partial charge on any atom is -0.292 e. The average molecular weight is 633 g/mol. The number of nitrogens with zero attached hydrogens (tertiary/aromatic N) is 2. The second-order valence-electron chi connectivity index (χ2n) is 12.6. The van der Waals surface area contributed by atoms with Crippen molar-refractivity contribution in [2.75, 3.05) is 0 Å². The van der Waals surface area contributed by atoms with Gasteiger partial charge in [0.2, 0.25) is 0 Å². The molecule has 9 rings (SSSR count). The molecule has 0 bridgehead atoms. The summed E-state index contributed by atoms with van der Waals surface area (Å²) in [6, 6.07) is 57.3. The Bertz CT molecular complexity index is 2590. The minimum atomic E-state index is 0.943. The summed E-state index contributed by atoms with van der Waals surface area (Å²) in [5, 5.41) is 2.60. The molecule has 7 aromatic carbocycles. The van der Waals surface area contributed by atoms with E-state index in [4.69, 9.17) is 4.98 Å². The molecule has 0 aliphatic carbocycles. The molecule has 0 aliphatic heterocycles. The van der Waals surface area contributed by atoms with E-state index in [1.807, 2.05) is 11.3 Å². The van der Waals surface area contributed by atoms with Crippen molar-refractivity contribution in [1.82, 2.24) is 9.55 Å². The maximum absolute atomic E-state index is 5.10. The number of thiophene rings is 1. The van der Waals surface area contributed by atoms with Gasteiger partial charge in [-0.3, -0.25) is 4.57 Å². The van der Waals surface area contributed by atoms with Crippen molar-refractivity contribution in [3.63, 3.8) is 0 Å². The zero-order valence-corrected chi connectivity index (χ0v) is 27.6. The highest BCUT2D eigenvalue weighted by molar-refractivity contribution is 7.26. The van der Waals surface area contributed by atoms with Crippen LogP contribution in [0.4, 0.5) is 0 Å². The third-order valence-electron chi connectivity index (χ3n) is 9.37. The summed E-state index contributed by atoms with van der Waals surface area (Å²) in [4.78, 5) is 5.10. The lowest BCUT2D eigenvalue weighted by molar-refractivity contribution is 1.10. The van der Waals surface area contributed by atoms with Crippen LogP contribution in [-0.2, 0) is 0 Å². The topological polar surface area (TPSA) is 17.8 Å². The van der Waals surface area contributed by atoms with Crippen LogP contribution in [0.15, 0.2) is 158 Å². The molecule has 0 unspecified atom stereocenters. The standard InChI is InChI=1S/C45H32N2S/c1-29-12-16-31(17-13-29)35-24-25-43-39(26-35)40-28-36(32-18-14-30(2)15-19-32)27-38(44(40)48-43)33-20-22-34(23-21-33)45-46-41-10-6-7-11-42(41)47(45)37-8-4-3-5-9-37/h3-28H,1-2H3. The Morgan fingerprint density at radius 2 is 1.06 bits per heavy atom. The Hall–Kier alpha value is -5.77. The van der Waals surface area contributed by atoms with E-state index in [0.717, 1.165) is 28.1 Å². The number of hydrogen-bond acceptors (Lipinski definition) is 2. The molecule has 0 atom stereocenters. The molecule has 0 saturated carbocycles. The van der Waals surface area contributed by atoms with Gasteiger partial charge in [0.05, 0.1) is 11.0 Å². The maximum atomic E-state index is 5.10. The van der Waals surface area contributed by atoms with E-state index in [1.54, 1.807) is 0 Å². The summed E-state index contributed by atoms with van der Waals surface area (Å²) in [5.74, 6) is 0.943. The number of benzene rings is 7. The van der Waals surface area contributed by atoms with E-state index in [9.17, 15) is 0 Å². The lowest BCUT2D eigenvalue weighted by Gasteiger charge is -2.12. The van der Waals surface area contributed by atoms with Crippen LogP contribution in [0, 0.1) is 13.8 Å². The molecule has 0 saturated heterocycles. The minimum absolute atomic E-state index is 0.943. The van der Waals surface area contributed by atoms with Crippen LogP contribution in [-0.4, -0.2) is 9.55 Å². The Kier molecular flexibility index (Phi) is 6.81. The van der Waals surface area contributed by atoms with Gasteiger partial charge in [-0.15, -0.1) is 11.3 Å². The van der Waals surface area contributed by atoms with Gasteiger partial charge in [0.15, 0.2) is 0 Å². The Balaban J connectivity index is 1.22. The van der Waals surface area contributed by atoms with Crippen molar-refractivity contribution in [2.24, 2.45) is 0 Å². The molecule has 0 fully saturated rings. The first-order valence-electron chi connectivity index (χ1n) is 16.4. The molecule has 228 valence electrons. The maximum Gasteiger partial charge on any atom is 0.145 e. The quantitative estimate of drug-likeness (QED) is 0.185. The van der Waals surface area contributed by atoms with Gasteiger partial charge in [0.25, 0.3) is 0 Å². The fraction of sp³-hybridized carbons (Fsp3) is 0.0444. The van der Waals surface area contributed by atoms with Crippen LogP contribution in [0.2, 0.25) is 0 Å². The van der Waals surface area contributed by atoms with Gasteiger partial charge in [-0.2, -0.15) is 0 Å². The summed E-state index contributed by atoms with van der Waals surface area (Å²) in [5.41, 5.74) is 14.2. The molecule has 2 nitrogen and oxygen atoms in total. The molecule has 2 heterocycles. The van der Waals surface area contributed by atoms with Gasteiger partial charge >= 0.3 is 0 Å². The molecular formula is C45H32N2S. The van der Waals surface area contributed by atoms with Crippen LogP contribution < -0.4 is 0 Å². The SMILES string of the molecule is Cc1ccc(-c2ccc3sc4c(-c5ccc(-c6nc7ccccc7n6-c6ccccc6)cc5)cc(-c5ccc(C)cc5)cc4c3c2)cc1. The molecule has 0 amide bonds. The Morgan fingerprint density at radius 1 is 0.479 bits per heavy atom. The smallest absolute Gasteiger partial charge is 0.145 e. The summed E-state index contributed by atoms with van der Waals surface area (Å²) >= 11 is 1.88. The summed E-state index contributed by atoms with van der Waals surface area (Å²) in [6.45, 7) is 4.28. The molecule has 0 N–H and O–H groups in total. The molecule has 48 heavy (non-hydrogen) atoms. The van der Waals surface area contributed by atoms with Gasteiger partial charge in [-0.05, 0) is 90.2 Å². The molecule has 0 spiro atoms. The largest absolute Gasteiger partial charge is 0.292 e. The first-order chi connectivity index (χ1) is 23.6. The van der Waals surface area contributed by atoms with Crippen molar-refractivity contribution in [3.8, 4) is 50.5 Å². The van der Waals surface area contributed by atoms with Gasteiger partial charge < -0.3 is 0 Å². The van der Waals surface area contributed by atoms with Crippen molar-refractivity contribution < 1.29 is 0 Å². The highest BCUT2D eigenvalue weighted by Crippen LogP contribution is 2.44. The zero-order chi connectivity index (χ0) is 32.2. The van der Waals surface area contributed by atoms with Crippen LogP contribution >= 0.6 is 11.3 Å². The predicted octanol–water partition coefficient (Wildman–Crippen LogP) is 12.7. The monoisotopic (exact) mass is 632 g/mol. The number of aromatic nitrogens is 2. The highest BCUT2D eigenvalue weighted by Gasteiger charge is 2.17. The molecule has 9 aromatic rings. The van der Waals surface area contributed by atoms with E-state index in [1.165, 1.54) is 64.7 Å². The summed E-state index contributed by atoms with van der Waals surface area (Å²) in [6.07, 6.45) is 0. The van der Waals surface area contributed by atoms with Crippen LogP contribution in [0.25, 0.3) is 81.7 Å². The van der Waals surface area contributed by atoms with E-state index >= 15 is 0 Å². The number of aryl methyl sites for hydroxylation is 2. The van der Waals surface area contributed by atoms with E-state index in [2.05, 4.69) is 176 Å². The Morgan fingerprint density at radius 3 is 1.79 bits per heavy atom. The van der Waals surface area contributed by atoms with E-state index in [-0.39, 0.29) is 0 Å². The lowest BCUT2D eigenvalue weighted by atomic mass is 9.94. The third-order valence-corrected chi connectivity index (χ3v) is 10.6. The number of para-hydroxylation sites is 3. The Labute approximate surface area is 284 Å². The van der Waals surface area contributed by atoms with Gasteiger partial charge in [0.1, 0.15) is 5.82 Å². The van der Waals surface area contributed by atoms with Crippen molar-refractivity contribution >= 4 is 42.5 Å². The highest BCUT2D eigenvalue weighted by atomic mass is 32.1. The second-order valence-corrected chi connectivity index (χ2v) is 13.7. The van der Waals surface area contributed by atoms with Crippen molar-refractivity contribution in [3.05, 3.63) is 169 Å². The fourth-order valence-electron chi connectivity index (χ4n) is 6.79. The van der Waals surface area contributed by atoms with Gasteiger partial charge in [-0.25, -0.2) is 4.98 Å². The predicted molar refractivity (Wildman–Crippen MR) is 205 cm³/mol. The number of hydrogen-bond donors (Lipinski definition) is 0. The number of rotatable bonds is 5. The van der Waals surface area contributed by atoms with E-state index in [0.29, 0.717) is 0 Å². The summed E-state index contributed by atoms with van der Waals surface area (Å²) < 4.78 is 4.88. The number of imidazole rings is 1. The molecule has 0 radical (unpaired) electrons. The van der Waals surface area contributed by atoms with Crippen LogP contribution in [0.1, 0.15) is 11.1 Å². The third kappa shape index (κ3) is 4.92. The average Bonchev–Trinajstić information content (AvgIpc) is 3.71. The van der Waals surface area contributed by atoms with Gasteiger partial charge in [0, 0.05) is 37.0 Å². The van der Waals surface area contributed by atoms with Crippen LogP contribution in [0.3, 0.4) is 0 Å². The fourth-order valence-corrected chi connectivity index (χ4v) is 7.99. The van der Waals surface area contributed by atoms with Crippen LogP contribution in [0.5, 0.6) is 0 Å². The van der Waals surface area contributed by atoms with Gasteiger partial charge in [-0.1, -0.05) is 120 Å². The molecular weight excluding hydrogens is 601 g/mol. The van der Waals surface area contributed by atoms with Crippen molar-refractivity contribution in [2.45, 2.75) is 13.8 Å². The number of fused-ring (bicyclic) bond motifs is 4. The first kappa shape index (κ1) is 28.5. The lowest BCUT2D eigenvalue weighted by Crippen LogP contribution is -1.97. The van der Waals surface area contributed by atoms with E-state index < -0.39 is 0 Å². The second kappa shape index (κ2) is 11.5. The molecule has 0 aliphatic rings. The normalized spacial score (nSPS) is 11.5. The molecule has 2 aromatic heterocycles. The zero-order valence-electron chi connectivity index (χ0n) is 26.8. The summed E-state index contributed by atoms with van der Waals surface area (Å²) in [7, 11) is 0. The van der Waals surface area contributed by atoms with Crippen molar-refractivity contribution in [1.29, 1.82) is 0 Å². The first-order valence-corrected chi connectivity index (χ1v) is 17.2. The molecule has 3 heteroatoms.